The molecular weight excluding hydrogens is 376 g/mol. The Hall–Kier alpha value is -3.52. The van der Waals surface area contributed by atoms with E-state index in [1.165, 1.54) is 17.4 Å². The van der Waals surface area contributed by atoms with E-state index in [1.54, 1.807) is 37.3 Å². The number of anilines is 2. The van der Waals surface area contributed by atoms with Gasteiger partial charge in [-0.25, -0.2) is 4.98 Å². The van der Waals surface area contributed by atoms with E-state index < -0.39 is 10.8 Å². The zero-order chi connectivity index (χ0) is 20.1. The van der Waals surface area contributed by atoms with E-state index in [0.29, 0.717) is 17.8 Å². The topological polar surface area (TPSA) is 97.2 Å². The quantitative estimate of drug-likeness (QED) is 0.338. The Morgan fingerprint density at radius 1 is 1.29 bits per heavy atom. The zero-order valence-electron chi connectivity index (χ0n) is 15.1. The zero-order valence-corrected chi connectivity index (χ0v) is 16.0. The van der Waals surface area contributed by atoms with Crippen LogP contribution in [0.25, 0.3) is 11.3 Å². The second-order valence-electron chi connectivity index (χ2n) is 6.00. The SMILES string of the molecule is C=CCNc1nc(-c2ccc(NC(=O)c3ccc(C)c([N+](=O)[O-])c3)cc2)cs1. The van der Waals surface area contributed by atoms with Gasteiger partial charge >= 0.3 is 0 Å². The molecule has 28 heavy (non-hydrogen) atoms. The molecule has 0 saturated heterocycles. The second-order valence-corrected chi connectivity index (χ2v) is 6.86. The van der Waals surface area contributed by atoms with E-state index in [-0.39, 0.29) is 11.3 Å². The van der Waals surface area contributed by atoms with Crippen LogP contribution in [0.15, 0.2) is 60.5 Å². The van der Waals surface area contributed by atoms with Gasteiger partial charge in [0, 0.05) is 40.4 Å². The van der Waals surface area contributed by atoms with Gasteiger partial charge in [0.2, 0.25) is 0 Å². The van der Waals surface area contributed by atoms with Gasteiger partial charge in [-0.1, -0.05) is 24.3 Å². The average molecular weight is 394 g/mol. The molecule has 2 aromatic carbocycles. The molecule has 7 nitrogen and oxygen atoms in total. The summed E-state index contributed by atoms with van der Waals surface area (Å²) in [6.45, 7) is 5.94. The Morgan fingerprint density at radius 2 is 2.04 bits per heavy atom. The van der Waals surface area contributed by atoms with Crippen molar-refractivity contribution >= 4 is 33.8 Å². The summed E-state index contributed by atoms with van der Waals surface area (Å²) in [5, 5.41) is 19.7. The van der Waals surface area contributed by atoms with Crippen LogP contribution >= 0.6 is 11.3 Å². The predicted molar refractivity (Wildman–Crippen MR) is 112 cm³/mol. The number of amides is 1. The number of thiazole rings is 1. The lowest BCUT2D eigenvalue weighted by Crippen LogP contribution is -2.12. The van der Waals surface area contributed by atoms with E-state index in [0.717, 1.165) is 16.4 Å². The molecule has 0 aliphatic heterocycles. The van der Waals surface area contributed by atoms with Crippen LogP contribution in [0.4, 0.5) is 16.5 Å². The molecule has 0 aliphatic rings. The van der Waals surface area contributed by atoms with Crippen LogP contribution in [-0.4, -0.2) is 22.4 Å². The molecule has 142 valence electrons. The number of nitrogens with zero attached hydrogens (tertiary/aromatic N) is 2. The lowest BCUT2D eigenvalue weighted by atomic mass is 10.1. The fraction of sp³-hybridized carbons (Fsp3) is 0.100. The number of aryl methyl sites for hydroxylation is 1. The van der Waals surface area contributed by atoms with E-state index in [9.17, 15) is 14.9 Å². The van der Waals surface area contributed by atoms with Crippen LogP contribution in [0.3, 0.4) is 0 Å². The molecule has 1 amide bonds. The number of carbonyl (C=O) groups is 1. The maximum atomic E-state index is 12.4. The monoisotopic (exact) mass is 394 g/mol. The first kappa shape index (κ1) is 19.2. The number of benzene rings is 2. The summed E-state index contributed by atoms with van der Waals surface area (Å²) < 4.78 is 0. The first-order valence-electron chi connectivity index (χ1n) is 8.45. The molecule has 3 rings (SSSR count). The molecule has 0 atom stereocenters. The number of carbonyl (C=O) groups excluding carboxylic acids is 1. The highest BCUT2D eigenvalue weighted by Crippen LogP contribution is 2.26. The van der Waals surface area contributed by atoms with Crippen LogP contribution in [0.1, 0.15) is 15.9 Å². The number of nitro benzene ring substituents is 1. The van der Waals surface area contributed by atoms with Crippen LogP contribution < -0.4 is 10.6 Å². The van der Waals surface area contributed by atoms with Crippen molar-refractivity contribution in [3.05, 3.63) is 81.7 Å². The highest BCUT2D eigenvalue weighted by Gasteiger charge is 2.15. The van der Waals surface area contributed by atoms with Gasteiger partial charge in [0.1, 0.15) is 0 Å². The summed E-state index contributed by atoms with van der Waals surface area (Å²) in [5.41, 5.74) is 3.02. The third kappa shape index (κ3) is 4.41. The largest absolute Gasteiger partial charge is 0.358 e. The number of nitro groups is 1. The third-order valence-corrected chi connectivity index (χ3v) is 4.81. The van der Waals surface area contributed by atoms with Crippen molar-refractivity contribution in [2.24, 2.45) is 0 Å². The molecule has 8 heteroatoms. The molecule has 0 radical (unpaired) electrons. The molecule has 3 aromatic rings. The maximum Gasteiger partial charge on any atom is 0.273 e. The van der Waals surface area contributed by atoms with Crippen molar-refractivity contribution in [2.45, 2.75) is 6.92 Å². The van der Waals surface area contributed by atoms with E-state index in [4.69, 9.17) is 0 Å². The molecular formula is C20H18N4O3S. The summed E-state index contributed by atoms with van der Waals surface area (Å²) >= 11 is 1.51. The van der Waals surface area contributed by atoms with Gasteiger partial charge in [-0.3, -0.25) is 14.9 Å². The van der Waals surface area contributed by atoms with Gasteiger partial charge in [-0.2, -0.15) is 0 Å². The number of aromatic nitrogens is 1. The predicted octanol–water partition coefficient (Wildman–Crippen LogP) is 4.88. The lowest BCUT2D eigenvalue weighted by Gasteiger charge is -2.07. The first-order valence-corrected chi connectivity index (χ1v) is 9.33. The van der Waals surface area contributed by atoms with Crippen molar-refractivity contribution in [1.82, 2.24) is 4.98 Å². The van der Waals surface area contributed by atoms with Crippen LogP contribution in [-0.2, 0) is 0 Å². The van der Waals surface area contributed by atoms with Gasteiger partial charge < -0.3 is 10.6 Å². The second kappa shape index (κ2) is 8.45. The standard InChI is InChI=1S/C20H18N4O3S/c1-3-10-21-20-23-17(12-28-20)14-6-8-16(9-7-14)22-19(25)15-5-4-13(2)18(11-15)24(26)27/h3-9,11-12H,1,10H2,2H3,(H,21,23)(H,22,25). The van der Waals surface area contributed by atoms with E-state index in [2.05, 4.69) is 22.2 Å². The Morgan fingerprint density at radius 3 is 2.71 bits per heavy atom. The normalized spacial score (nSPS) is 10.3. The highest BCUT2D eigenvalue weighted by molar-refractivity contribution is 7.14. The summed E-state index contributed by atoms with van der Waals surface area (Å²) in [5.74, 6) is -0.402. The van der Waals surface area contributed by atoms with Crippen molar-refractivity contribution < 1.29 is 9.72 Å². The maximum absolute atomic E-state index is 12.4. The lowest BCUT2D eigenvalue weighted by molar-refractivity contribution is -0.385. The molecule has 2 N–H and O–H groups in total. The van der Waals surface area contributed by atoms with Gasteiger partial charge in [0.25, 0.3) is 11.6 Å². The summed E-state index contributed by atoms with van der Waals surface area (Å²) in [7, 11) is 0. The summed E-state index contributed by atoms with van der Waals surface area (Å²) in [6, 6.07) is 11.7. The van der Waals surface area contributed by atoms with Crippen LogP contribution in [0.2, 0.25) is 0 Å². The fourth-order valence-electron chi connectivity index (χ4n) is 2.52. The Labute approximate surface area is 165 Å². The molecule has 0 saturated carbocycles. The van der Waals surface area contributed by atoms with Crippen LogP contribution in [0.5, 0.6) is 0 Å². The smallest absolute Gasteiger partial charge is 0.273 e. The third-order valence-electron chi connectivity index (χ3n) is 4.01. The Balaban J connectivity index is 1.71. The molecule has 0 fully saturated rings. The van der Waals surface area contributed by atoms with Gasteiger partial charge in [0.05, 0.1) is 10.6 Å². The van der Waals surface area contributed by atoms with Crippen LogP contribution in [0, 0.1) is 17.0 Å². The number of nitrogens with one attached hydrogen (secondary N) is 2. The van der Waals surface area contributed by atoms with E-state index >= 15 is 0 Å². The molecule has 0 bridgehead atoms. The number of hydrogen-bond donors (Lipinski definition) is 2. The van der Waals surface area contributed by atoms with E-state index in [1.807, 2.05) is 17.5 Å². The average Bonchev–Trinajstić information content (AvgIpc) is 3.16. The van der Waals surface area contributed by atoms with Gasteiger partial charge in [-0.15, -0.1) is 17.9 Å². The first-order chi connectivity index (χ1) is 13.5. The van der Waals surface area contributed by atoms with Crippen molar-refractivity contribution in [3.8, 4) is 11.3 Å². The minimum atomic E-state index is -0.493. The van der Waals surface area contributed by atoms with Crippen molar-refractivity contribution in [1.29, 1.82) is 0 Å². The Kier molecular flexibility index (Phi) is 5.81. The molecule has 0 unspecified atom stereocenters. The molecule has 0 aliphatic carbocycles. The summed E-state index contributed by atoms with van der Waals surface area (Å²) in [4.78, 5) is 27.5. The van der Waals surface area contributed by atoms with Crippen molar-refractivity contribution in [3.63, 3.8) is 0 Å². The summed E-state index contributed by atoms with van der Waals surface area (Å²) in [6.07, 6.45) is 1.77. The fourth-order valence-corrected chi connectivity index (χ4v) is 3.25. The van der Waals surface area contributed by atoms with Gasteiger partial charge in [0.15, 0.2) is 5.13 Å². The number of rotatable bonds is 7. The van der Waals surface area contributed by atoms with Crippen molar-refractivity contribution in [2.75, 3.05) is 17.2 Å². The molecule has 1 aromatic heterocycles. The Bertz CT molecular complexity index is 1030. The molecule has 0 spiro atoms. The minimum absolute atomic E-state index is 0.0765. The number of hydrogen-bond acceptors (Lipinski definition) is 6. The highest BCUT2D eigenvalue weighted by atomic mass is 32.1. The van der Waals surface area contributed by atoms with Gasteiger partial charge in [-0.05, 0) is 25.1 Å². The molecule has 1 heterocycles. The minimum Gasteiger partial charge on any atom is -0.358 e.